The van der Waals surface area contributed by atoms with E-state index in [2.05, 4.69) is 76.9 Å². The van der Waals surface area contributed by atoms with Gasteiger partial charge in [-0.15, -0.1) is 0 Å². The number of nitrogens with zero attached hydrogens (tertiary/aromatic N) is 6. The molecule has 0 unspecified atom stereocenters. The van der Waals surface area contributed by atoms with Crippen molar-refractivity contribution in [1.82, 2.24) is 19.7 Å². The normalized spacial score (nSPS) is 16.0. The molecule has 3 heterocycles. The van der Waals surface area contributed by atoms with E-state index >= 15 is 0 Å². The van der Waals surface area contributed by atoms with Gasteiger partial charge >= 0.3 is 0 Å². The highest BCUT2D eigenvalue weighted by Gasteiger charge is 2.35. The van der Waals surface area contributed by atoms with Crippen LogP contribution in [0, 0.1) is 5.82 Å². The van der Waals surface area contributed by atoms with Gasteiger partial charge in [-0.3, -0.25) is 4.68 Å². The summed E-state index contributed by atoms with van der Waals surface area (Å²) in [5.41, 5.74) is 1.77. The quantitative estimate of drug-likeness (QED) is 0.592. The molecule has 3 aromatic rings. The maximum absolute atomic E-state index is 14.6. The Bertz CT molecular complexity index is 1150. The molecule has 0 amide bonds. The molecular weight excluding hydrogens is 433 g/mol. The Morgan fingerprint density at radius 3 is 2.41 bits per heavy atom. The van der Waals surface area contributed by atoms with Crippen molar-refractivity contribution >= 4 is 23.3 Å². The second-order valence-corrected chi connectivity index (χ2v) is 10.4. The van der Waals surface area contributed by atoms with Crippen molar-refractivity contribution in [1.29, 1.82) is 0 Å². The molecule has 0 aliphatic carbocycles. The van der Waals surface area contributed by atoms with Crippen LogP contribution in [0.5, 0.6) is 5.75 Å². The number of nitrogens with one attached hydrogen (secondary N) is 1. The van der Waals surface area contributed by atoms with Crippen molar-refractivity contribution in [3.63, 3.8) is 0 Å². The smallest absolute Gasteiger partial charge is 0.227 e. The topological polar surface area (TPSA) is 71.3 Å². The minimum atomic E-state index is -0.501. The van der Waals surface area contributed by atoms with Gasteiger partial charge in [0.1, 0.15) is 11.6 Å². The van der Waals surface area contributed by atoms with Crippen LogP contribution < -0.4 is 19.9 Å². The fourth-order valence-electron chi connectivity index (χ4n) is 4.24. The lowest BCUT2D eigenvalue weighted by molar-refractivity contribution is 0.407. The lowest BCUT2D eigenvalue weighted by Gasteiger charge is -2.48. The van der Waals surface area contributed by atoms with Crippen LogP contribution in [-0.2, 0) is 12.5 Å². The zero-order chi connectivity index (χ0) is 24.7. The molecular formula is C25H34FN7O. The average Bonchev–Trinajstić information content (AvgIpc) is 3.15. The Labute approximate surface area is 200 Å². The molecule has 182 valence electrons. The predicted molar refractivity (Wildman–Crippen MR) is 134 cm³/mol. The van der Waals surface area contributed by atoms with Crippen molar-refractivity contribution in [3.05, 3.63) is 48.0 Å². The molecule has 1 fully saturated rings. The number of anilines is 4. The van der Waals surface area contributed by atoms with E-state index < -0.39 is 5.82 Å². The Balaban J connectivity index is 1.53. The third-order valence-corrected chi connectivity index (χ3v) is 6.20. The summed E-state index contributed by atoms with van der Waals surface area (Å²) in [5.74, 6) is 1.66. The summed E-state index contributed by atoms with van der Waals surface area (Å²) in [6.07, 6.45) is 1.23. The van der Waals surface area contributed by atoms with E-state index in [0.29, 0.717) is 18.3 Å². The van der Waals surface area contributed by atoms with E-state index in [9.17, 15) is 4.39 Å². The molecule has 9 heteroatoms. The van der Waals surface area contributed by atoms with Gasteiger partial charge in [0.25, 0.3) is 0 Å². The molecule has 1 aromatic carbocycles. The second kappa shape index (κ2) is 8.77. The number of aryl methyl sites for hydroxylation is 1. The molecule has 4 rings (SSSR count). The van der Waals surface area contributed by atoms with Gasteiger partial charge in [-0.25, -0.2) is 9.37 Å². The maximum atomic E-state index is 14.6. The van der Waals surface area contributed by atoms with Gasteiger partial charge in [-0.05, 0) is 38.1 Å². The number of aromatic nitrogens is 4. The predicted octanol–water partition coefficient (Wildman–Crippen LogP) is 4.50. The van der Waals surface area contributed by atoms with E-state index in [0.717, 1.165) is 30.2 Å². The molecule has 0 bridgehead atoms. The summed E-state index contributed by atoms with van der Waals surface area (Å²) in [7, 11) is 3.50. The first-order chi connectivity index (χ1) is 16.0. The Morgan fingerprint density at radius 2 is 1.82 bits per heavy atom. The highest BCUT2D eigenvalue weighted by Crippen LogP contribution is 2.31. The monoisotopic (exact) mass is 467 g/mol. The molecule has 1 saturated heterocycles. The Morgan fingerprint density at radius 1 is 1.12 bits per heavy atom. The van der Waals surface area contributed by atoms with Gasteiger partial charge in [-0.2, -0.15) is 10.1 Å². The maximum Gasteiger partial charge on any atom is 0.227 e. The van der Waals surface area contributed by atoms with Crippen LogP contribution in [0.15, 0.2) is 36.5 Å². The molecule has 34 heavy (non-hydrogen) atoms. The summed E-state index contributed by atoms with van der Waals surface area (Å²) in [5, 5.41) is 7.66. The summed E-state index contributed by atoms with van der Waals surface area (Å²) < 4.78 is 21.6. The first-order valence-corrected chi connectivity index (χ1v) is 11.5. The lowest BCUT2D eigenvalue weighted by atomic mass is 9.92. The first kappa shape index (κ1) is 23.8. The van der Waals surface area contributed by atoms with Crippen LogP contribution in [-0.4, -0.2) is 52.0 Å². The molecule has 8 nitrogen and oxygen atoms in total. The number of rotatable bonds is 5. The number of piperazine rings is 1. The number of hydrogen-bond acceptors (Lipinski definition) is 7. The van der Waals surface area contributed by atoms with Crippen molar-refractivity contribution in [2.24, 2.45) is 7.05 Å². The molecule has 0 radical (unpaired) electrons. The van der Waals surface area contributed by atoms with Crippen LogP contribution in [0.2, 0.25) is 0 Å². The van der Waals surface area contributed by atoms with Gasteiger partial charge in [0.15, 0.2) is 11.6 Å². The van der Waals surface area contributed by atoms with E-state index in [4.69, 9.17) is 4.74 Å². The standard InChI is InChI=1S/C25H34FN7O/c1-24(2,3)20-14-21(31(6)30-20)28-22-19(26)15-27-23(29-22)32-12-13-33(25(4,5)16-32)17-8-10-18(34-7)11-9-17/h8-11,14-15H,12-13,16H2,1-7H3,(H,27,28,29). The minimum Gasteiger partial charge on any atom is -0.497 e. The molecule has 0 saturated carbocycles. The number of ether oxygens (including phenoxy) is 1. The largest absolute Gasteiger partial charge is 0.497 e. The molecule has 1 aliphatic heterocycles. The Kier molecular flexibility index (Phi) is 6.14. The van der Waals surface area contributed by atoms with E-state index in [1.165, 1.54) is 6.20 Å². The van der Waals surface area contributed by atoms with Gasteiger partial charge in [0.05, 0.1) is 24.5 Å². The van der Waals surface area contributed by atoms with Crippen LogP contribution in [0.1, 0.15) is 40.3 Å². The highest BCUT2D eigenvalue weighted by atomic mass is 19.1. The summed E-state index contributed by atoms with van der Waals surface area (Å²) in [6.45, 7) is 12.9. The van der Waals surface area contributed by atoms with Crippen LogP contribution >= 0.6 is 0 Å². The van der Waals surface area contributed by atoms with E-state index in [1.54, 1.807) is 11.8 Å². The number of halogens is 1. The van der Waals surface area contributed by atoms with Crippen molar-refractivity contribution in [3.8, 4) is 5.75 Å². The van der Waals surface area contributed by atoms with Gasteiger partial charge < -0.3 is 19.9 Å². The third kappa shape index (κ3) is 4.78. The number of methoxy groups -OCH3 is 1. The van der Waals surface area contributed by atoms with Crippen molar-refractivity contribution < 1.29 is 9.13 Å². The first-order valence-electron chi connectivity index (χ1n) is 11.5. The Hall–Kier alpha value is -3.36. The number of hydrogen-bond donors (Lipinski definition) is 1. The van der Waals surface area contributed by atoms with Gasteiger partial charge in [0.2, 0.25) is 5.95 Å². The SMILES string of the molecule is COc1ccc(N2CCN(c3ncc(F)c(Nc4cc(C(C)(C)C)nn4C)n3)CC2(C)C)cc1. The third-order valence-electron chi connectivity index (χ3n) is 6.20. The fourth-order valence-corrected chi connectivity index (χ4v) is 4.24. The fraction of sp³-hybridized carbons (Fsp3) is 0.480. The summed E-state index contributed by atoms with van der Waals surface area (Å²) >= 11 is 0. The molecule has 1 N–H and O–H groups in total. The van der Waals surface area contributed by atoms with Crippen LogP contribution in [0.4, 0.5) is 27.7 Å². The van der Waals surface area contributed by atoms with Crippen LogP contribution in [0.3, 0.4) is 0 Å². The molecule has 2 aromatic heterocycles. The van der Waals surface area contributed by atoms with Crippen LogP contribution in [0.25, 0.3) is 0 Å². The van der Waals surface area contributed by atoms with Gasteiger partial charge in [0, 0.05) is 43.9 Å². The second-order valence-electron chi connectivity index (χ2n) is 10.4. The molecule has 1 aliphatic rings. The zero-order valence-corrected chi connectivity index (χ0v) is 21.1. The zero-order valence-electron chi connectivity index (χ0n) is 21.1. The summed E-state index contributed by atoms with van der Waals surface area (Å²) in [6, 6.07) is 10.0. The van der Waals surface area contributed by atoms with Crippen molar-refractivity contribution in [2.75, 3.05) is 41.9 Å². The lowest BCUT2D eigenvalue weighted by Crippen LogP contribution is -2.60. The van der Waals surface area contributed by atoms with E-state index in [1.807, 2.05) is 25.2 Å². The van der Waals surface area contributed by atoms with E-state index in [-0.39, 0.29) is 16.8 Å². The van der Waals surface area contributed by atoms with Gasteiger partial charge in [-0.1, -0.05) is 20.8 Å². The molecule has 0 spiro atoms. The highest BCUT2D eigenvalue weighted by molar-refractivity contribution is 5.57. The average molecular weight is 468 g/mol. The minimum absolute atomic E-state index is 0.109. The van der Waals surface area contributed by atoms with Crippen molar-refractivity contribution in [2.45, 2.75) is 45.6 Å². The summed E-state index contributed by atoms with van der Waals surface area (Å²) in [4.78, 5) is 13.3. The number of benzene rings is 1. The molecule has 0 atom stereocenters.